The molecular weight excluding hydrogens is 378 g/mol. The Balaban J connectivity index is 1.62. The van der Waals surface area contributed by atoms with Gasteiger partial charge in [-0.25, -0.2) is 4.79 Å². The van der Waals surface area contributed by atoms with E-state index in [9.17, 15) is 4.79 Å². The molecule has 0 aliphatic carbocycles. The molecule has 5 heteroatoms. The van der Waals surface area contributed by atoms with Gasteiger partial charge >= 0.3 is 5.97 Å². The van der Waals surface area contributed by atoms with Crippen LogP contribution in [0.3, 0.4) is 0 Å². The molecule has 5 nitrogen and oxygen atoms in total. The van der Waals surface area contributed by atoms with Gasteiger partial charge < -0.3 is 19.1 Å². The maximum absolute atomic E-state index is 13.3. The van der Waals surface area contributed by atoms with Crippen LogP contribution in [-0.4, -0.2) is 50.3 Å². The van der Waals surface area contributed by atoms with Crippen molar-refractivity contribution >= 4 is 17.6 Å². The van der Waals surface area contributed by atoms with E-state index in [0.29, 0.717) is 29.2 Å². The molecule has 158 valence electrons. The molecule has 0 N–H and O–H groups in total. The molecule has 2 heterocycles. The molecule has 2 atom stereocenters. The first-order chi connectivity index (χ1) is 14.6. The van der Waals surface area contributed by atoms with Crippen LogP contribution >= 0.6 is 0 Å². The number of hydrogen-bond acceptors (Lipinski definition) is 5. The summed E-state index contributed by atoms with van der Waals surface area (Å²) in [5.74, 6) is 0.916. The predicted molar refractivity (Wildman–Crippen MR) is 118 cm³/mol. The summed E-state index contributed by atoms with van der Waals surface area (Å²) in [7, 11) is 5.38. The van der Waals surface area contributed by atoms with Crippen LogP contribution in [-0.2, 0) is 9.53 Å². The second-order valence-corrected chi connectivity index (χ2v) is 8.09. The average molecular weight is 408 g/mol. The van der Waals surface area contributed by atoms with Gasteiger partial charge in [0.2, 0.25) is 0 Å². The molecule has 2 saturated heterocycles. The summed E-state index contributed by atoms with van der Waals surface area (Å²) in [6.45, 7) is 0. The first-order valence-corrected chi connectivity index (χ1v) is 10.5. The Morgan fingerprint density at radius 3 is 2.27 bits per heavy atom. The lowest BCUT2D eigenvalue weighted by molar-refractivity contribution is -0.144. The third kappa shape index (κ3) is 4.21. The fourth-order valence-corrected chi connectivity index (χ4v) is 4.65. The SMILES string of the molecule is COc1ccc(/C(=C\c2ccccc2)C(=O)OC2CC3CCC(C2)N3C)cc1OC. The minimum absolute atomic E-state index is 0.0366. The summed E-state index contributed by atoms with van der Waals surface area (Å²) in [5, 5.41) is 0. The molecule has 2 aliphatic heterocycles. The highest BCUT2D eigenvalue weighted by Crippen LogP contribution is 2.37. The summed E-state index contributed by atoms with van der Waals surface area (Å²) >= 11 is 0. The molecule has 2 aliphatic rings. The van der Waals surface area contributed by atoms with Crippen molar-refractivity contribution in [2.45, 2.75) is 43.9 Å². The van der Waals surface area contributed by atoms with Gasteiger partial charge in [-0.2, -0.15) is 0 Å². The van der Waals surface area contributed by atoms with E-state index in [4.69, 9.17) is 14.2 Å². The highest BCUT2D eigenvalue weighted by Gasteiger charge is 2.40. The van der Waals surface area contributed by atoms with Gasteiger partial charge in [-0.3, -0.25) is 0 Å². The molecule has 2 aromatic rings. The van der Waals surface area contributed by atoms with Crippen LogP contribution in [0.5, 0.6) is 11.5 Å². The normalized spacial score (nSPS) is 23.8. The Labute approximate surface area is 178 Å². The number of ether oxygens (including phenoxy) is 3. The third-order valence-corrected chi connectivity index (χ3v) is 6.35. The van der Waals surface area contributed by atoms with Crippen molar-refractivity contribution in [3.8, 4) is 11.5 Å². The fourth-order valence-electron chi connectivity index (χ4n) is 4.65. The van der Waals surface area contributed by atoms with Crippen LogP contribution in [0, 0.1) is 0 Å². The second kappa shape index (κ2) is 8.92. The maximum Gasteiger partial charge on any atom is 0.339 e. The second-order valence-electron chi connectivity index (χ2n) is 8.09. The monoisotopic (exact) mass is 407 g/mol. The van der Waals surface area contributed by atoms with Crippen LogP contribution in [0.1, 0.15) is 36.8 Å². The van der Waals surface area contributed by atoms with Crippen molar-refractivity contribution in [1.29, 1.82) is 0 Å². The smallest absolute Gasteiger partial charge is 0.339 e. The summed E-state index contributed by atoms with van der Waals surface area (Å²) in [6.07, 6.45) is 6.04. The highest BCUT2D eigenvalue weighted by molar-refractivity contribution is 6.21. The van der Waals surface area contributed by atoms with E-state index in [-0.39, 0.29) is 12.1 Å². The zero-order valence-corrected chi connectivity index (χ0v) is 17.8. The lowest BCUT2D eigenvalue weighted by atomic mass is 9.99. The summed E-state index contributed by atoms with van der Waals surface area (Å²) in [5.41, 5.74) is 2.22. The van der Waals surface area contributed by atoms with Crippen LogP contribution in [0.2, 0.25) is 0 Å². The number of benzene rings is 2. The molecule has 2 bridgehead atoms. The number of methoxy groups -OCH3 is 2. The summed E-state index contributed by atoms with van der Waals surface area (Å²) in [4.78, 5) is 15.8. The number of nitrogens with zero attached hydrogens (tertiary/aromatic N) is 1. The molecule has 0 radical (unpaired) electrons. The Kier molecular flexibility index (Phi) is 6.09. The summed E-state index contributed by atoms with van der Waals surface area (Å²) < 4.78 is 16.8. The minimum atomic E-state index is -0.292. The van der Waals surface area contributed by atoms with E-state index in [2.05, 4.69) is 11.9 Å². The Morgan fingerprint density at radius 1 is 0.967 bits per heavy atom. The minimum Gasteiger partial charge on any atom is -0.493 e. The number of carbonyl (C=O) groups is 1. The standard InChI is InChI=1S/C25H29NO4/c1-26-19-10-11-20(26)16-21(15-19)30-25(27)22(13-17-7-5-4-6-8-17)18-9-12-23(28-2)24(14-18)29-3/h4-9,12-14,19-21H,10-11,15-16H2,1-3H3/b22-13+. The number of esters is 1. The predicted octanol–water partition coefficient (Wildman–Crippen LogP) is 4.41. The van der Waals surface area contributed by atoms with Crippen LogP contribution in [0.15, 0.2) is 48.5 Å². The summed E-state index contributed by atoms with van der Waals surface area (Å²) in [6, 6.07) is 16.4. The number of rotatable bonds is 6. The zero-order chi connectivity index (χ0) is 21.1. The Bertz CT molecular complexity index is 910. The molecule has 2 aromatic carbocycles. The molecule has 0 aromatic heterocycles. The molecule has 0 spiro atoms. The van der Waals surface area contributed by atoms with Crippen LogP contribution < -0.4 is 9.47 Å². The van der Waals surface area contributed by atoms with Gasteiger partial charge in [0.05, 0.1) is 19.8 Å². The van der Waals surface area contributed by atoms with Crippen molar-refractivity contribution in [2.24, 2.45) is 0 Å². The molecule has 30 heavy (non-hydrogen) atoms. The van der Waals surface area contributed by atoms with E-state index in [0.717, 1.165) is 24.0 Å². The maximum atomic E-state index is 13.3. The molecular formula is C25H29NO4. The van der Waals surface area contributed by atoms with Crippen molar-refractivity contribution in [2.75, 3.05) is 21.3 Å². The van der Waals surface area contributed by atoms with Crippen molar-refractivity contribution in [1.82, 2.24) is 4.90 Å². The number of carbonyl (C=O) groups excluding carboxylic acids is 1. The number of piperidine rings is 1. The lowest BCUT2D eigenvalue weighted by Crippen LogP contribution is -2.43. The van der Waals surface area contributed by atoms with E-state index in [1.54, 1.807) is 14.2 Å². The van der Waals surface area contributed by atoms with Gasteiger partial charge in [0, 0.05) is 24.9 Å². The van der Waals surface area contributed by atoms with Crippen LogP contribution in [0.25, 0.3) is 11.6 Å². The van der Waals surface area contributed by atoms with E-state index in [1.165, 1.54) is 12.8 Å². The first-order valence-electron chi connectivity index (χ1n) is 10.5. The van der Waals surface area contributed by atoms with Gasteiger partial charge in [-0.15, -0.1) is 0 Å². The first kappa shape index (κ1) is 20.5. The Hall–Kier alpha value is -2.79. The van der Waals surface area contributed by atoms with Gasteiger partial charge in [-0.05, 0) is 49.2 Å². The molecule has 2 fully saturated rings. The third-order valence-electron chi connectivity index (χ3n) is 6.35. The van der Waals surface area contributed by atoms with Crippen molar-refractivity contribution in [3.05, 3.63) is 59.7 Å². The van der Waals surface area contributed by atoms with Crippen molar-refractivity contribution in [3.63, 3.8) is 0 Å². The lowest BCUT2D eigenvalue weighted by Gasteiger charge is -2.35. The molecule has 4 rings (SSSR count). The quantitative estimate of drug-likeness (QED) is 0.403. The van der Waals surface area contributed by atoms with Crippen LogP contribution in [0.4, 0.5) is 0 Å². The van der Waals surface area contributed by atoms with E-state index < -0.39 is 0 Å². The van der Waals surface area contributed by atoms with Crippen molar-refractivity contribution < 1.29 is 19.0 Å². The number of hydrogen-bond donors (Lipinski definition) is 0. The Morgan fingerprint density at radius 2 is 1.63 bits per heavy atom. The fraction of sp³-hybridized carbons (Fsp3) is 0.400. The average Bonchev–Trinajstić information content (AvgIpc) is 2.98. The van der Waals surface area contributed by atoms with Gasteiger partial charge in [0.1, 0.15) is 6.10 Å². The largest absolute Gasteiger partial charge is 0.493 e. The zero-order valence-electron chi connectivity index (χ0n) is 17.8. The van der Waals surface area contributed by atoms with Gasteiger partial charge in [0.15, 0.2) is 11.5 Å². The van der Waals surface area contributed by atoms with E-state index in [1.807, 2.05) is 54.6 Å². The van der Waals surface area contributed by atoms with E-state index >= 15 is 0 Å². The number of fused-ring (bicyclic) bond motifs is 2. The highest BCUT2D eigenvalue weighted by atomic mass is 16.5. The van der Waals surface area contributed by atoms with Gasteiger partial charge in [0.25, 0.3) is 0 Å². The molecule has 0 amide bonds. The topological polar surface area (TPSA) is 48.0 Å². The van der Waals surface area contributed by atoms with Gasteiger partial charge in [-0.1, -0.05) is 36.4 Å². The molecule has 2 unspecified atom stereocenters. The molecule has 0 saturated carbocycles.